The van der Waals surface area contributed by atoms with E-state index in [0.29, 0.717) is 13.2 Å². The van der Waals surface area contributed by atoms with Crippen LogP contribution in [0, 0.1) is 0 Å². The van der Waals surface area contributed by atoms with E-state index in [1.807, 2.05) is 36.4 Å². The first-order valence-corrected chi connectivity index (χ1v) is 19.2. The second-order valence-corrected chi connectivity index (χ2v) is 16.1. The summed E-state index contributed by atoms with van der Waals surface area (Å²) in [7, 11) is -2.14. The molecule has 0 spiro atoms. The van der Waals surface area contributed by atoms with Crippen molar-refractivity contribution < 1.29 is 18.6 Å². The molecule has 0 amide bonds. The number of fused-ring (bicyclic) bond motifs is 15. The summed E-state index contributed by atoms with van der Waals surface area (Å²) in [5.74, 6) is 1.65. The van der Waals surface area contributed by atoms with E-state index >= 15 is 4.57 Å². The Labute approximate surface area is 301 Å². The highest BCUT2D eigenvalue weighted by atomic mass is 31.2. The van der Waals surface area contributed by atoms with Crippen LogP contribution < -0.4 is 20.1 Å². The van der Waals surface area contributed by atoms with E-state index in [9.17, 15) is 0 Å². The van der Waals surface area contributed by atoms with Gasteiger partial charge in [0.15, 0.2) is 0 Å². The van der Waals surface area contributed by atoms with E-state index in [1.165, 1.54) is 0 Å². The zero-order valence-corrected chi connectivity index (χ0v) is 29.2. The molecule has 3 aliphatic heterocycles. The van der Waals surface area contributed by atoms with Crippen molar-refractivity contribution in [3.63, 3.8) is 0 Å². The van der Waals surface area contributed by atoms with Gasteiger partial charge in [-0.3, -0.25) is 4.57 Å². The molecule has 0 N–H and O–H groups in total. The third-order valence-electron chi connectivity index (χ3n) is 11.1. The molecule has 0 aliphatic carbocycles. The lowest BCUT2D eigenvalue weighted by Crippen LogP contribution is -2.18. The number of hydrogen-bond acceptors (Lipinski definition) is 4. The Morgan fingerprint density at radius 1 is 0.481 bits per heavy atom. The van der Waals surface area contributed by atoms with Gasteiger partial charge in [-0.2, -0.15) is 0 Å². The number of ether oxygens (including phenoxy) is 2. The van der Waals surface area contributed by atoms with Crippen LogP contribution in [0.5, 0.6) is 11.5 Å². The van der Waals surface area contributed by atoms with Crippen molar-refractivity contribution in [2.45, 2.75) is 13.2 Å². The molecule has 0 saturated heterocycles. The lowest BCUT2D eigenvalue weighted by molar-refractivity contribution is 0.302. The molecule has 5 heteroatoms. The van der Waals surface area contributed by atoms with Crippen LogP contribution in [0.25, 0.3) is 77.2 Å². The predicted molar refractivity (Wildman–Crippen MR) is 211 cm³/mol. The molecule has 0 aromatic heterocycles. The fraction of sp³-hybridized carbons (Fsp3) is 0.0638. The van der Waals surface area contributed by atoms with Crippen molar-refractivity contribution in [3.8, 4) is 67.1 Å². The van der Waals surface area contributed by atoms with Gasteiger partial charge in [0.25, 0.3) is 7.37 Å². The molecule has 0 saturated carbocycles. The highest BCUT2D eigenvalue weighted by Crippen LogP contribution is 2.64. The molecule has 248 valence electrons. The Bertz CT molecular complexity index is 2670. The van der Waals surface area contributed by atoms with Crippen LogP contribution in [0.4, 0.5) is 0 Å². The standard InChI is InChI=1S/C47H31O4P/c1-49-52(48)46-36(28-12-4-2-5-13-28)24-32-26-50-38-22-20-30-16-8-10-18-34(30)42(38)40(32)44(46)45-41-33(25-37(47(45)52)29-14-6-3-7-15-29)27-51-39-23-21-31-17-9-11-19-35(31)43(39)41/h2-25H,26-27H2,1H3. The minimum absolute atomic E-state index is 0.392. The summed E-state index contributed by atoms with van der Waals surface area (Å²) < 4.78 is 36.1. The van der Waals surface area contributed by atoms with E-state index in [-0.39, 0.29) is 0 Å². The maximum Gasteiger partial charge on any atom is 0.263 e. The first-order chi connectivity index (χ1) is 25.6. The minimum Gasteiger partial charge on any atom is -0.488 e. The third kappa shape index (κ3) is 3.99. The van der Waals surface area contributed by atoms with Crippen molar-refractivity contribution in [1.82, 2.24) is 0 Å². The Hall–Kier alpha value is -5.93. The minimum atomic E-state index is -3.76. The van der Waals surface area contributed by atoms with Crippen LogP contribution >= 0.6 is 7.37 Å². The molecule has 0 radical (unpaired) electrons. The molecular weight excluding hydrogens is 659 g/mol. The van der Waals surface area contributed by atoms with Gasteiger partial charge in [0.05, 0.1) is 10.6 Å². The van der Waals surface area contributed by atoms with E-state index in [4.69, 9.17) is 14.0 Å². The fourth-order valence-corrected chi connectivity index (χ4v) is 11.5. The fourth-order valence-electron chi connectivity index (χ4n) is 8.89. The quantitative estimate of drug-likeness (QED) is 0.173. The van der Waals surface area contributed by atoms with Gasteiger partial charge in [-0.05, 0) is 79.2 Å². The molecule has 0 atom stereocenters. The molecule has 3 heterocycles. The van der Waals surface area contributed by atoms with Gasteiger partial charge in [0, 0.05) is 40.5 Å². The first kappa shape index (κ1) is 29.8. The zero-order valence-electron chi connectivity index (χ0n) is 28.4. The van der Waals surface area contributed by atoms with Crippen molar-refractivity contribution in [2.75, 3.05) is 7.11 Å². The summed E-state index contributed by atoms with van der Waals surface area (Å²) in [5, 5.41) is 5.93. The average molecular weight is 691 g/mol. The van der Waals surface area contributed by atoms with E-state index in [1.54, 1.807) is 7.11 Å². The molecular formula is C47H31O4P. The monoisotopic (exact) mass is 690 g/mol. The van der Waals surface area contributed by atoms with Crippen LogP contribution in [0.15, 0.2) is 146 Å². The van der Waals surface area contributed by atoms with Crippen LogP contribution in [0.2, 0.25) is 0 Å². The molecule has 0 bridgehead atoms. The van der Waals surface area contributed by atoms with E-state index in [2.05, 4.69) is 109 Å². The van der Waals surface area contributed by atoms with Crippen molar-refractivity contribution >= 4 is 39.5 Å². The average Bonchev–Trinajstić information content (AvgIpc) is 3.49. The normalized spacial score (nSPS) is 14.3. The van der Waals surface area contributed by atoms with Crippen LogP contribution in [-0.4, -0.2) is 7.11 Å². The van der Waals surface area contributed by atoms with Gasteiger partial charge in [-0.25, -0.2) is 0 Å². The van der Waals surface area contributed by atoms with Crippen molar-refractivity contribution in [2.24, 2.45) is 0 Å². The predicted octanol–water partition coefficient (Wildman–Crippen LogP) is 11.3. The van der Waals surface area contributed by atoms with Gasteiger partial charge in [0.2, 0.25) is 0 Å². The Kier molecular flexibility index (Phi) is 6.32. The second-order valence-electron chi connectivity index (χ2n) is 13.7. The van der Waals surface area contributed by atoms with Gasteiger partial charge in [-0.15, -0.1) is 0 Å². The van der Waals surface area contributed by atoms with Gasteiger partial charge < -0.3 is 14.0 Å². The van der Waals surface area contributed by atoms with Gasteiger partial charge in [-0.1, -0.05) is 121 Å². The van der Waals surface area contributed by atoms with E-state index in [0.717, 1.165) is 110 Å². The Morgan fingerprint density at radius 2 is 0.904 bits per heavy atom. The summed E-state index contributed by atoms with van der Waals surface area (Å²) in [6.45, 7) is 0.785. The smallest absolute Gasteiger partial charge is 0.263 e. The van der Waals surface area contributed by atoms with Crippen LogP contribution in [0.3, 0.4) is 0 Å². The lowest BCUT2D eigenvalue weighted by Gasteiger charge is -2.29. The molecule has 8 aromatic rings. The lowest BCUT2D eigenvalue weighted by atomic mass is 9.79. The first-order valence-electron chi connectivity index (χ1n) is 17.6. The maximum atomic E-state index is 16.5. The number of hydrogen-bond donors (Lipinski definition) is 0. The summed E-state index contributed by atoms with van der Waals surface area (Å²) in [6, 6.07) is 50.3. The van der Waals surface area contributed by atoms with Crippen molar-refractivity contribution in [1.29, 1.82) is 0 Å². The molecule has 11 rings (SSSR count). The maximum absolute atomic E-state index is 16.5. The molecule has 0 fully saturated rings. The summed E-state index contributed by atoms with van der Waals surface area (Å²) in [6.07, 6.45) is 0. The zero-order chi connectivity index (χ0) is 34.6. The largest absolute Gasteiger partial charge is 0.488 e. The van der Waals surface area contributed by atoms with E-state index < -0.39 is 7.37 Å². The van der Waals surface area contributed by atoms with Gasteiger partial charge >= 0.3 is 0 Å². The van der Waals surface area contributed by atoms with Crippen molar-refractivity contribution in [3.05, 3.63) is 157 Å². The Balaban J connectivity index is 1.40. The summed E-state index contributed by atoms with van der Waals surface area (Å²) >= 11 is 0. The topological polar surface area (TPSA) is 44.8 Å². The number of rotatable bonds is 3. The molecule has 4 nitrogen and oxygen atoms in total. The molecule has 3 aliphatic rings. The second kappa shape index (κ2) is 11.0. The summed E-state index contributed by atoms with van der Waals surface area (Å²) in [4.78, 5) is 0. The highest BCUT2D eigenvalue weighted by molar-refractivity contribution is 7.76. The molecule has 52 heavy (non-hydrogen) atoms. The van der Waals surface area contributed by atoms with Gasteiger partial charge in [0.1, 0.15) is 24.7 Å². The highest BCUT2D eigenvalue weighted by Gasteiger charge is 2.49. The molecule has 0 unspecified atom stereocenters. The third-order valence-corrected chi connectivity index (χ3v) is 13.7. The Morgan fingerprint density at radius 3 is 1.35 bits per heavy atom. The number of benzene rings is 8. The SMILES string of the molecule is COP1(=O)c2c(-c3ccccc3)cc3c(c2-c2c4c(cc(-c5ccccc5)c21)COc1ccc2ccccc2c1-4)-c1c(ccc2ccccc12)OC3. The van der Waals surface area contributed by atoms with Crippen LogP contribution in [0.1, 0.15) is 11.1 Å². The molecule has 8 aromatic carbocycles. The van der Waals surface area contributed by atoms with Crippen LogP contribution in [-0.2, 0) is 22.3 Å². The summed E-state index contributed by atoms with van der Waals surface area (Å²) in [5.41, 5.74) is 12.0.